The molecular formula is C11H8N2O3. The largest absolute Gasteiger partial charge is 0.474 e. The van der Waals surface area contributed by atoms with Gasteiger partial charge in [0.15, 0.2) is 5.88 Å². The van der Waals surface area contributed by atoms with Crippen LogP contribution in [0.2, 0.25) is 0 Å². The Hall–Kier alpha value is -2.30. The van der Waals surface area contributed by atoms with Crippen molar-refractivity contribution in [2.45, 2.75) is 0 Å². The molecule has 0 saturated carbocycles. The van der Waals surface area contributed by atoms with Crippen LogP contribution in [-0.4, -0.2) is 16.5 Å². The van der Waals surface area contributed by atoms with Crippen molar-refractivity contribution < 1.29 is 9.66 Å². The minimum atomic E-state index is -0.407. The first-order valence-electron chi connectivity index (χ1n) is 4.85. The second-order valence-electron chi connectivity index (χ2n) is 3.57. The molecule has 1 aliphatic rings. The van der Waals surface area contributed by atoms with E-state index in [2.05, 4.69) is 4.98 Å². The summed E-state index contributed by atoms with van der Waals surface area (Å²) in [5, 5.41) is 11.6. The summed E-state index contributed by atoms with van der Waals surface area (Å²) in [7, 11) is 0. The lowest BCUT2D eigenvalue weighted by atomic mass is 10.1. The number of ether oxygens (including phenoxy) is 1. The number of aromatic amines is 1. The molecule has 3 rings (SSSR count). The standard InChI is InChI=1S/C11H8N2O3/c14-13(15)7-3-4-8-9-2-1-5-16-11(9)12-10(8)6-7/h1-4,6,12H,5H2. The number of benzene rings is 1. The highest BCUT2D eigenvalue weighted by Gasteiger charge is 2.15. The number of nitro benzene ring substituents is 1. The Labute approximate surface area is 90.5 Å². The number of nitro groups is 1. The summed E-state index contributed by atoms with van der Waals surface area (Å²) in [6.45, 7) is 0.530. The van der Waals surface area contributed by atoms with E-state index in [4.69, 9.17) is 4.74 Å². The lowest BCUT2D eigenvalue weighted by Gasteiger charge is -2.06. The first-order valence-corrected chi connectivity index (χ1v) is 4.85. The second kappa shape index (κ2) is 3.10. The van der Waals surface area contributed by atoms with Gasteiger partial charge in [-0.25, -0.2) is 0 Å². The van der Waals surface area contributed by atoms with E-state index < -0.39 is 4.92 Å². The van der Waals surface area contributed by atoms with Crippen LogP contribution in [-0.2, 0) is 0 Å². The van der Waals surface area contributed by atoms with Crippen molar-refractivity contribution in [1.82, 2.24) is 4.98 Å². The number of nitrogens with one attached hydrogen (secondary N) is 1. The van der Waals surface area contributed by atoms with Gasteiger partial charge in [-0.1, -0.05) is 0 Å². The summed E-state index contributed by atoms with van der Waals surface area (Å²) in [5.74, 6) is 0.679. The smallest absolute Gasteiger partial charge is 0.271 e. The highest BCUT2D eigenvalue weighted by Crippen LogP contribution is 2.33. The monoisotopic (exact) mass is 216 g/mol. The predicted molar refractivity (Wildman–Crippen MR) is 59.5 cm³/mol. The lowest BCUT2D eigenvalue weighted by molar-refractivity contribution is -0.384. The van der Waals surface area contributed by atoms with Gasteiger partial charge < -0.3 is 9.72 Å². The number of rotatable bonds is 1. The molecule has 0 atom stereocenters. The average Bonchev–Trinajstić information content (AvgIpc) is 2.66. The fraction of sp³-hybridized carbons (Fsp3) is 0.0909. The quantitative estimate of drug-likeness (QED) is 0.588. The van der Waals surface area contributed by atoms with Crippen molar-refractivity contribution in [3.05, 3.63) is 40.0 Å². The van der Waals surface area contributed by atoms with Crippen molar-refractivity contribution >= 4 is 22.7 Å². The predicted octanol–water partition coefficient (Wildman–Crippen LogP) is 2.48. The molecule has 0 saturated heterocycles. The van der Waals surface area contributed by atoms with E-state index in [1.807, 2.05) is 12.2 Å². The Bertz CT molecular complexity index is 613. The van der Waals surface area contributed by atoms with Gasteiger partial charge in [0.25, 0.3) is 5.69 Å². The number of fused-ring (bicyclic) bond motifs is 3. The summed E-state index contributed by atoms with van der Waals surface area (Å²) in [6.07, 6.45) is 3.88. The Morgan fingerprint density at radius 3 is 3.12 bits per heavy atom. The maximum absolute atomic E-state index is 10.6. The third kappa shape index (κ3) is 1.18. The molecule has 5 nitrogen and oxygen atoms in total. The highest BCUT2D eigenvalue weighted by molar-refractivity contribution is 5.93. The topological polar surface area (TPSA) is 68.2 Å². The van der Waals surface area contributed by atoms with E-state index >= 15 is 0 Å². The van der Waals surface area contributed by atoms with Gasteiger partial charge in [-0.2, -0.15) is 0 Å². The van der Waals surface area contributed by atoms with Crippen LogP contribution in [0.15, 0.2) is 24.3 Å². The van der Waals surface area contributed by atoms with E-state index in [0.717, 1.165) is 16.5 Å². The van der Waals surface area contributed by atoms with Gasteiger partial charge in [0.1, 0.15) is 6.61 Å². The van der Waals surface area contributed by atoms with E-state index in [9.17, 15) is 10.1 Å². The first-order chi connectivity index (χ1) is 7.75. The van der Waals surface area contributed by atoms with Crippen LogP contribution in [0.25, 0.3) is 17.0 Å². The number of non-ortho nitro benzene ring substituents is 1. The second-order valence-corrected chi connectivity index (χ2v) is 3.57. The van der Waals surface area contributed by atoms with Crippen molar-refractivity contribution in [2.24, 2.45) is 0 Å². The molecule has 0 fully saturated rings. The van der Waals surface area contributed by atoms with Crippen LogP contribution in [0.3, 0.4) is 0 Å². The summed E-state index contributed by atoms with van der Waals surface area (Å²) in [4.78, 5) is 13.3. The fourth-order valence-corrected chi connectivity index (χ4v) is 1.87. The van der Waals surface area contributed by atoms with E-state index in [1.165, 1.54) is 12.1 Å². The Morgan fingerprint density at radius 2 is 2.31 bits per heavy atom. The molecule has 0 amide bonds. The van der Waals surface area contributed by atoms with Gasteiger partial charge >= 0.3 is 0 Å². The third-order valence-corrected chi connectivity index (χ3v) is 2.61. The van der Waals surface area contributed by atoms with Crippen molar-refractivity contribution in [2.75, 3.05) is 6.61 Å². The number of nitrogens with zero attached hydrogens (tertiary/aromatic N) is 1. The zero-order valence-corrected chi connectivity index (χ0v) is 8.27. The number of hydrogen-bond acceptors (Lipinski definition) is 3. The van der Waals surface area contributed by atoms with E-state index in [0.29, 0.717) is 12.5 Å². The van der Waals surface area contributed by atoms with Crippen LogP contribution in [0.4, 0.5) is 5.69 Å². The molecule has 0 bridgehead atoms. The molecule has 0 radical (unpaired) electrons. The van der Waals surface area contributed by atoms with Gasteiger partial charge in [0, 0.05) is 23.1 Å². The minimum absolute atomic E-state index is 0.0788. The summed E-state index contributed by atoms with van der Waals surface area (Å²) < 4.78 is 5.40. The maximum atomic E-state index is 10.6. The molecule has 1 N–H and O–H groups in total. The molecular weight excluding hydrogens is 208 g/mol. The van der Waals surface area contributed by atoms with E-state index in [1.54, 1.807) is 6.07 Å². The molecule has 0 unspecified atom stereocenters. The molecule has 16 heavy (non-hydrogen) atoms. The van der Waals surface area contributed by atoms with Crippen LogP contribution < -0.4 is 4.74 Å². The summed E-state index contributed by atoms with van der Waals surface area (Å²) in [6, 6.07) is 4.76. The SMILES string of the molecule is O=[N+]([O-])c1ccc2c3c([nH]c2c1)OCC=C3. The average molecular weight is 216 g/mol. The molecule has 2 heterocycles. The number of H-pyrrole nitrogens is 1. The van der Waals surface area contributed by atoms with Crippen molar-refractivity contribution in [3.8, 4) is 5.88 Å². The third-order valence-electron chi connectivity index (χ3n) is 2.61. The fourth-order valence-electron chi connectivity index (χ4n) is 1.87. The van der Waals surface area contributed by atoms with Gasteiger partial charge in [0.05, 0.1) is 10.4 Å². The number of hydrogen-bond donors (Lipinski definition) is 1. The summed E-state index contributed by atoms with van der Waals surface area (Å²) in [5.41, 5.74) is 1.76. The molecule has 1 aliphatic heterocycles. The first kappa shape index (κ1) is 8.96. The zero-order chi connectivity index (χ0) is 11.1. The van der Waals surface area contributed by atoms with E-state index in [-0.39, 0.29) is 5.69 Å². The molecule has 0 spiro atoms. The van der Waals surface area contributed by atoms with Gasteiger partial charge in [-0.05, 0) is 18.2 Å². The molecule has 0 aliphatic carbocycles. The molecule has 80 valence electrons. The maximum Gasteiger partial charge on any atom is 0.271 e. The van der Waals surface area contributed by atoms with Crippen molar-refractivity contribution in [1.29, 1.82) is 0 Å². The van der Waals surface area contributed by atoms with Crippen molar-refractivity contribution in [3.63, 3.8) is 0 Å². The molecule has 1 aromatic carbocycles. The Balaban J connectivity index is 2.27. The highest BCUT2D eigenvalue weighted by atomic mass is 16.6. The van der Waals surface area contributed by atoms with Crippen LogP contribution in [0, 0.1) is 10.1 Å². The van der Waals surface area contributed by atoms with Gasteiger partial charge in [-0.3, -0.25) is 10.1 Å². The van der Waals surface area contributed by atoms with Gasteiger partial charge in [-0.15, -0.1) is 0 Å². The zero-order valence-electron chi connectivity index (χ0n) is 8.27. The van der Waals surface area contributed by atoms with Crippen LogP contribution in [0.1, 0.15) is 5.56 Å². The number of aromatic nitrogens is 1. The normalized spacial score (nSPS) is 13.5. The van der Waals surface area contributed by atoms with Crippen LogP contribution in [0.5, 0.6) is 5.88 Å². The molecule has 2 aromatic rings. The summed E-state index contributed by atoms with van der Waals surface area (Å²) >= 11 is 0. The lowest BCUT2D eigenvalue weighted by Crippen LogP contribution is -1.98. The molecule has 5 heteroatoms. The molecule has 1 aromatic heterocycles. The van der Waals surface area contributed by atoms with Crippen LogP contribution >= 0.6 is 0 Å². The Morgan fingerprint density at radius 1 is 1.44 bits per heavy atom. The Kier molecular flexibility index (Phi) is 1.73. The van der Waals surface area contributed by atoms with Gasteiger partial charge in [0.2, 0.25) is 0 Å². The minimum Gasteiger partial charge on any atom is -0.474 e.